The van der Waals surface area contributed by atoms with Crippen molar-refractivity contribution in [1.29, 1.82) is 0 Å². The van der Waals surface area contributed by atoms with Crippen LogP contribution in [0.5, 0.6) is 0 Å². The molecule has 0 atom stereocenters. The molecule has 4 nitrogen and oxygen atoms in total. The van der Waals surface area contributed by atoms with Crippen LogP contribution in [0.3, 0.4) is 0 Å². The van der Waals surface area contributed by atoms with Crippen molar-refractivity contribution < 1.29 is 33.0 Å². The molecule has 0 aliphatic carbocycles. The number of aryl methyl sites for hydroxylation is 1. The van der Waals surface area contributed by atoms with Crippen molar-refractivity contribution in [1.82, 2.24) is 14.5 Å². The van der Waals surface area contributed by atoms with Gasteiger partial charge in [-0.15, -0.1) is 48.0 Å². The second-order valence-corrected chi connectivity index (χ2v) is 15.6. The molecule has 0 unspecified atom stereocenters. The van der Waals surface area contributed by atoms with Crippen LogP contribution in [-0.2, 0) is 20.1 Å². The number of halogens is 1. The standard InChI is InChI=1S/C43H35N2O.C12H9FN.Ir/c1-27(2)36-24-32(30-16-9-6-10-17-30)25-37(28(3)4)41(36)45-39-21-12-11-20-38(39)44-43(45)35-19-13-18-34-33-23-22-31(26-40(33)46-42(34)35)29-14-7-5-8-15-29;1-9-2-7-12(14-8-9)10-3-5-11(13)6-4-10;/h5-18,20-28H,1-4H3;2-3,5-8H,1H3;/q2*-1;/i;1D3;. The first-order chi connectivity index (χ1) is 30.4. The zero-order valence-electron chi connectivity index (χ0n) is 37.2. The van der Waals surface area contributed by atoms with Gasteiger partial charge in [0.25, 0.3) is 0 Å². The number of aromatic nitrogens is 3. The van der Waals surface area contributed by atoms with Crippen LogP contribution in [0.15, 0.2) is 168 Å². The number of hydrogen-bond acceptors (Lipinski definition) is 3. The molecule has 0 aliphatic heterocycles. The number of nitrogens with zero attached hydrogens (tertiary/aromatic N) is 3. The fourth-order valence-electron chi connectivity index (χ4n) is 7.87. The smallest absolute Gasteiger partial charge is 0.121 e. The number of pyridine rings is 1. The van der Waals surface area contributed by atoms with Crippen molar-refractivity contribution >= 4 is 33.0 Å². The van der Waals surface area contributed by atoms with Crippen LogP contribution in [0.2, 0.25) is 0 Å². The molecule has 1 radical (unpaired) electrons. The molecule has 0 aliphatic rings. The molecule has 3 heterocycles. The zero-order valence-corrected chi connectivity index (χ0v) is 36.6. The van der Waals surface area contributed by atoms with Crippen molar-refractivity contribution in [3.05, 3.63) is 199 Å². The second-order valence-electron chi connectivity index (χ2n) is 15.6. The van der Waals surface area contributed by atoms with Crippen molar-refractivity contribution in [2.75, 3.05) is 0 Å². The normalized spacial score (nSPS) is 12.2. The van der Waals surface area contributed by atoms with E-state index in [-0.39, 0.29) is 43.3 Å². The van der Waals surface area contributed by atoms with E-state index in [0.29, 0.717) is 11.3 Å². The average Bonchev–Trinajstić information content (AvgIpc) is 3.88. The quantitative estimate of drug-likeness (QED) is 0.150. The monoisotopic (exact) mass is 977 g/mol. The summed E-state index contributed by atoms with van der Waals surface area (Å²) in [7, 11) is 0. The first-order valence-corrected chi connectivity index (χ1v) is 20.2. The molecule has 7 aromatic carbocycles. The SMILES string of the molecule is CC(C)c1cc(-c2ccccc2)cc(C(C)C)c1-n1c(-c2[c-]ccc3c2oc2cc(-c4ccccc4)ccc23)nc2ccccc21.[2H]C([2H])([2H])c1ccc(-c2[c-]cc(F)cc2)nc1.[Ir]. The van der Waals surface area contributed by atoms with Gasteiger partial charge in [-0.1, -0.05) is 136 Å². The van der Waals surface area contributed by atoms with Gasteiger partial charge in [-0.25, -0.2) is 0 Å². The molecular weight excluding hydrogens is 930 g/mol. The third-order valence-corrected chi connectivity index (χ3v) is 10.9. The largest absolute Gasteiger partial charge is 0.501 e. The Kier molecular flexibility index (Phi) is 10.9. The maximum absolute atomic E-state index is 12.7. The second kappa shape index (κ2) is 17.6. The van der Waals surface area contributed by atoms with Crippen LogP contribution in [-0.4, -0.2) is 14.5 Å². The summed E-state index contributed by atoms with van der Waals surface area (Å²) in [5.41, 5.74) is 14.5. The fraction of sp³-hybridized carbons (Fsp3) is 0.127. The average molecular weight is 977 g/mol. The van der Waals surface area contributed by atoms with Crippen LogP contribution in [0.1, 0.15) is 60.3 Å². The molecule has 10 aromatic rings. The van der Waals surface area contributed by atoms with Crippen LogP contribution >= 0.6 is 0 Å². The van der Waals surface area contributed by atoms with E-state index in [2.05, 4.69) is 165 Å². The molecule has 0 spiro atoms. The zero-order chi connectivity index (χ0) is 43.8. The van der Waals surface area contributed by atoms with Crippen LogP contribution in [0.4, 0.5) is 4.39 Å². The third-order valence-electron chi connectivity index (χ3n) is 10.9. The van der Waals surface area contributed by atoms with Gasteiger partial charge in [-0.05, 0) is 93.7 Å². The predicted molar refractivity (Wildman–Crippen MR) is 245 cm³/mol. The predicted octanol–water partition coefficient (Wildman–Crippen LogP) is 15.0. The van der Waals surface area contributed by atoms with E-state index in [9.17, 15) is 4.39 Å². The fourth-order valence-corrected chi connectivity index (χ4v) is 7.87. The van der Waals surface area contributed by atoms with Crippen LogP contribution in [0, 0.1) is 24.8 Å². The molecule has 0 saturated carbocycles. The van der Waals surface area contributed by atoms with E-state index in [4.69, 9.17) is 13.5 Å². The van der Waals surface area contributed by atoms with Crippen molar-refractivity contribution in [2.24, 2.45) is 0 Å². The van der Waals surface area contributed by atoms with E-state index >= 15 is 0 Å². The van der Waals surface area contributed by atoms with E-state index in [1.807, 2.05) is 12.1 Å². The minimum atomic E-state index is -2.15. The minimum absolute atomic E-state index is 0. The van der Waals surface area contributed by atoms with Crippen molar-refractivity contribution in [3.8, 4) is 50.6 Å². The third kappa shape index (κ3) is 8.22. The summed E-state index contributed by atoms with van der Waals surface area (Å²) in [6, 6.07) is 58.4. The van der Waals surface area contributed by atoms with E-state index in [1.54, 1.807) is 12.1 Å². The number of furan rings is 1. The molecular formula is C55H44FIrN3O-2. The summed E-state index contributed by atoms with van der Waals surface area (Å²) >= 11 is 0. The van der Waals surface area contributed by atoms with Gasteiger partial charge >= 0.3 is 0 Å². The number of benzene rings is 7. The number of rotatable bonds is 7. The maximum Gasteiger partial charge on any atom is 0.121 e. The Morgan fingerprint density at radius 2 is 1.36 bits per heavy atom. The topological polar surface area (TPSA) is 43.9 Å². The van der Waals surface area contributed by atoms with Crippen LogP contribution in [0.25, 0.3) is 83.6 Å². The van der Waals surface area contributed by atoms with Gasteiger partial charge in [0.05, 0.1) is 22.4 Å². The summed E-state index contributed by atoms with van der Waals surface area (Å²) in [6.45, 7) is 6.98. The molecule has 6 heteroatoms. The Morgan fingerprint density at radius 3 is 2.00 bits per heavy atom. The van der Waals surface area contributed by atoms with E-state index in [1.165, 1.54) is 57.9 Å². The molecule has 0 fully saturated rings. The van der Waals surface area contributed by atoms with Gasteiger partial charge in [-0.2, -0.15) is 0 Å². The molecule has 10 rings (SSSR count). The molecule has 3 aromatic heterocycles. The Morgan fingerprint density at radius 1 is 0.672 bits per heavy atom. The Bertz CT molecular complexity index is 3190. The molecule has 0 amide bonds. The van der Waals surface area contributed by atoms with E-state index < -0.39 is 6.85 Å². The molecule has 0 N–H and O–H groups in total. The summed E-state index contributed by atoms with van der Waals surface area (Å²) in [6.07, 6.45) is 1.31. The van der Waals surface area contributed by atoms with Crippen molar-refractivity contribution in [2.45, 2.75) is 46.4 Å². The van der Waals surface area contributed by atoms with Gasteiger partial charge in [0, 0.05) is 47.3 Å². The molecule has 0 bridgehead atoms. The number of hydrogen-bond donors (Lipinski definition) is 0. The Labute approximate surface area is 374 Å². The number of para-hydroxylation sites is 2. The van der Waals surface area contributed by atoms with Crippen LogP contribution < -0.4 is 0 Å². The molecule has 303 valence electrons. The van der Waals surface area contributed by atoms with E-state index in [0.717, 1.165) is 49.9 Å². The Balaban J connectivity index is 0.000000262. The first kappa shape index (κ1) is 37.5. The summed E-state index contributed by atoms with van der Waals surface area (Å²) < 4.78 is 43.4. The Hall–Kier alpha value is -6.46. The molecule has 61 heavy (non-hydrogen) atoms. The molecule has 0 saturated heterocycles. The number of imidazole rings is 1. The summed E-state index contributed by atoms with van der Waals surface area (Å²) in [5.74, 6) is 1.04. The van der Waals surface area contributed by atoms with Gasteiger partial charge < -0.3 is 14.0 Å². The van der Waals surface area contributed by atoms with Gasteiger partial charge in [0.2, 0.25) is 0 Å². The summed E-state index contributed by atoms with van der Waals surface area (Å²) in [4.78, 5) is 9.33. The van der Waals surface area contributed by atoms with Gasteiger partial charge in [0.1, 0.15) is 5.58 Å². The maximum atomic E-state index is 12.7. The minimum Gasteiger partial charge on any atom is -0.501 e. The van der Waals surface area contributed by atoms with Gasteiger partial charge in [-0.3, -0.25) is 9.37 Å². The van der Waals surface area contributed by atoms with Crippen molar-refractivity contribution in [3.63, 3.8) is 0 Å². The number of fused-ring (bicyclic) bond motifs is 4. The summed E-state index contributed by atoms with van der Waals surface area (Å²) in [5, 5.41) is 2.15. The van der Waals surface area contributed by atoms with Gasteiger partial charge in [0.15, 0.2) is 0 Å². The first-order valence-electron chi connectivity index (χ1n) is 21.7.